The average molecular weight is 263 g/mol. The van der Waals surface area contributed by atoms with Crippen LogP contribution < -0.4 is 4.74 Å². The number of carbonyl (C=O) groups is 1. The summed E-state index contributed by atoms with van der Waals surface area (Å²) in [4.78, 5) is 19.4. The molecule has 0 spiro atoms. The predicted molar refractivity (Wildman–Crippen MR) is 63.8 cm³/mol. The van der Waals surface area contributed by atoms with Crippen LogP contribution >= 0.6 is 0 Å². The third-order valence-electron chi connectivity index (χ3n) is 2.29. The topological polar surface area (TPSA) is 87.3 Å². The fourth-order valence-corrected chi connectivity index (χ4v) is 1.42. The summed E-state index contributed by atoms with van der Waals surface area (Å²) in [5.41, 5.74) is 0.886. The third-order valence-corrected chi connectivity index (χ3v) is 2.29. The monoisotopic (exact) mass is 263 g/mol. The molecule has 0 aliphatic heterocycles. The summed E-state index contributed by atoms with van der Waals surface area (Å²) in [5.74, 6) is 0.173. The highest BCUT2D eigenvalue weighted by Gasteiger charge is 2.16. The van der Waals surface area contributed by atoms with Crippen LogP contribution in [0, 0.1) is 0 Å². The van der Waals surface area contributed by atoms with Gasteiger partial charge in [0.25, 0.3) is 0 Å². The Labute approximate surface area is 109 Å². The molecule has 0 N–H and O–H groups in total. The van der Waals surface area contributed by atoms with E-state index in [1.807, 2.05) is 6.07 Å². The van der Waals surface area contributed by atoms with Crippen molar-refractivity contribution in [3.63, 3.8) is 0 Å². The van der Waals surface area contributed by atoms with Crippen molar-refractivity contribution < 1.29 is 18.8 Å². The van der Waals surface area contributed by atoms with Gasteiger partial charge in [0.05, 0.1) is 13.7 Å². The highest BCUT2D eigenvalue weighted by Crippen LogP contribution is 2.10. The lowest BCUT2D eigenvalue weighted by molar-refractivity contribution is 0.0470. The molecule has 19 heavy (non-hydrogen) atoms. The van der Waals surface area contributed by atoms with E-state index in [0.29, 0.717) is 18.1 Å². The van der Waals surface area contributed by atoms with Gasteiger partial charge in [0.2, 0.25) is 5.88 Å². The number of aromatic nitrogens is 3. The molecule has 0 saturated heterocycles. The summed E-state index contributed by atoms with van der Waals surface area (Å²) < 4.78 is 14.5. The Balaban J connectivity index is 2.04. The zero-order valence-corrected chi connectivity index (χ0v) is 10.6. The van der Waals surface area contributed by atoms with Gasteiger partial charge in [-0.25, -0.2) is 9.78 Å². The van der Waals surface area contributed by atoms with Crippen LogP contribution in [-0.4, -0.2) is 34.8 Å². The Hall–Kier alpha value is -2.44. The summed E-state index contributed by atoms with van der Waals surface area (Å²) in [6, 6.07) is 3.58. The SMILES string of the molecule is CCOC(=O)c1nc(Cc2ccc(OC)nc2)no1. The molecule has 7 heteroatoms. The number of hydrogen-bond donors (Lipinski definition) is 0. The van der Waals surface area contributed by atoms with Gasteiger partial charge in [0, 0.05) is 18.7 Å². The molecule has 0 aliphatic rings. The number of ether oxygens (including phenoxy) is 2. The van der Waals surface area contributed by atoms with Crippen LogP contribution in [-0.2, 0) is 11.2 Å². The summed E-state index contributed by atoms with van der Waals surface area (Å²) in [6.07, 6.45) is 2.07. The van der Waals surface area contributed by atoms with Crippen LogP contribution in [0.1, 0.15) is 29.0 Å². The number of carbonyl (C=O) groups excluding carboxylic acids is 1. The van der Waals surface area contributed by atoms with Gasteiger partial charge < -0.3 is 14.0 Å². The maximum absolute atomic E-state index is 11.3. The molecule has 7 nitrogen and oxygen atoms in total. The zero-order valence-electron chi connectivity index (χ0n) is 10.6. The maximum atomic E-state index is 11.3. The van der Waals surface area contributed by atoms with Gasteiger partial charge in [-0.3, -0.25) is 0 Å². The van der Waals surface area contributed by atoms with Crippen LogP contribution in [0.25, 0.3) is 0 Å². The van der Waals surface area contributed by atoms with Crippen LogP contribution in [0.4, 0.5) is 0 Å². The van der Waals surface area contributed by atoms with E-state index in [9.17, 15) is 4.79 Å². The van der Waals surface area contributed by atoms with Gasteiger partial charge in [0.1, 0.15) is 0 Å². The first-order valence-corrected chi connectivity index (χ1v) is 5.71. The molecule has 0 bridgehead atoms. The molecule has 2 aromatic heterocycles. The second kappa shape index (κ2) is 5.94. The van der Waals surface area contributed by atoms with E-state index >= 15 is 0 Å². The van der Waals surface area contributed by atoms with E-state index in [0.717, 1.165) is 5.56 Å². The Morgan fingerprint density at radius 1 is 1.42 bits per heavy atom. The Morgan fingerprint density at radius 3 is 2.89 bits per heavy atom. The maximum Gasteiger partial charge on any atom is 0.397 e. The highest BCUT2D eigenvalue weighted by atomic mass is 16.6. The molecule has 0 radical (unpaired) electrons. The van der Waals surface area contributed by atoms with Gasteiger partial charge in [-0.05, 0) is 12.5 Å². The summed E-state index contributed by atoms with van der Waals surface area (Å²) in [5, 5.41) is 3.71. The number of methoxy groups -OCH3 is 1. The standard InChI is InChI=1S/C12H13N3O4/c1-3-18-12(16)11-14-9(15-19-11)6-8-4-5-10(17-2)13-7-8/h4-5,7H,3,6H2,1-2H3. The van der Waals surface area contributed by atoms with Crippen molar-refractivity contribution in [3.8, 4) is 5.88 Å². The lowest BCUT2D eigenvalue weighted by Gasteiger charge is -1.99. The molecule has 0 aromatic carbocycles. The van der Waals surface area contributed by atoms with Crippen molar-refractivity contribution in [2.45, 2.75) is 13.3 Å². The third kappa shape index (κ3) is 3.27. The molecule has 2 rings (SSSR count). The van der Waals surface area contributed by atoms with Gasteiger partial charge >= 0.3 is 11.9 Å². The Morgan fingerprint density at radius 2 is 2.26 bits per heavy atom. The van der Waals surface area contributed by atoms with Gasteiger partial charge in [0.15, 0.2) is 5.82 Å². The van der Waals surface area contributed by atoms with Crippen molar-refractivity contribution in [2.24, 2.45) is 0 Å². The normalized spacial score (nSPS) is 10.2. The minimum atomic E-state index is -0.617. The summed E-state index contributed by atoms with van der Waals surface area (Å²) in [6.45, 7) is 1.97. The van der Waals surface area contributed by atoms with Crippen LogP contribution in [0.2, 0.25) is 0 Å². The van der Waals surface area contributed by atoms with Crippen molar-refractivity contribution in [3.05, 3.63) is 35.6 Å². The number of hydrogen-bond acceptors (Lipinski definition) is 7. The van der Waals surface area contributed by atoms with Crippen molar-refractivity contribution in [1.29, 1.82) is 0 Å². The van der Waals surface area contributed by atoms with Crippen LogP contribution in [0.15, 0.2) is 22.9 Å². The number of nitrogens with zero attached hydrogens (tertiary/aromatic N) is 3. The van der Waals surface area contributed by atoms with E-state index in [-0.39, 0.29) is 12.5 Å². The second-order valence-electron chi connectivity index (χ2n) is 3.62. The molecule has 0 atom stereocenters. The predicted octanol–water partition coefficient (Wildman–Crippen LogP) is 1.24. The number of rotatable bonds is 5. The zero-order chi connectivity index (χ0) is 13.7. The van der Waals surface area contributed by atoms with Crippen molar-refractivity contribution in [2.75, 3.05) is 13.7 Å². The average Bonchev–Trinajstić information content (AvgIpc) is 2.88. The quantitative estimate of drug-likeness (QED) is 0.750. The van der Waals surface area contributed by atoms with E-state index in [1.165, 1.54) is 0 Å². The lowest BCUT2D eigenvalue weighted by atomic mass is 10.2. The molecular weight excluding hydrogens is 250 g/mol. The van der Waals surface area contributed by atoms with E-state index in [2.05, 4.69) is 15.1 Å². The van der Waals surface area contributed by atoms with Gasteiger partial charge in [-0.2, -0.15) is 4.98 Å². The first-order chi connectivity index (χ1) is 9.22. The minimum Gasteiger partial charge on any atom is -0.481 e. The van der Waals surface area contributed by atoms with E-state index < -0.39 is 5.97 Å². The smallest absolute Gasteiger partial charge is 0.397 e. The largest absolute Gasteiger partial charge is 0.481 e. The fraction of sp³-hybridized carbons (Fsp3) is 0.333. The molecule has 0 unspecified atom stereocenters. The summed E-state index contributed by atoms with van der Waals surface area (Å²) in [7, 11) is 1.55. The Bertz CT molecular complexity index is 550. The molecule has 100 valence electrons. The molecule has 2 heterocycles. The first kappa shape index (κ1) is 13.0. The highest BCUT2D eigenvalue weighted by molar-refractivity contribution is 5.83. The number of pyridine rings is 1. The molecule has 0 aliphatic carbocycles. The van der Waals surface area contributed by atoms with Gasteiger partial charge in [-0.1, -0.05) is 11.2 Å². The first-order valence-electron chi connectivity index (χ1n) is 5.71. The van der Waals surface area contributed by atoms with Crippen molar-refractivity contribution in [1.82, 2.24) is 15.1 Å². The van der Waals surface area contributed by atoms with Crippen LogP contribution in [0.3, 0.4) is 0 Å². The second-order valence-corrected chi connectivity index (χ2v) is 3.62. The summed E-state index contributed by atoms with van der Waals surface area (Å²) >= 11 is 0. The van der Waals surface area contributed by atoms with E-state index in [4.69, 9.17) is 14.0 Å². The van der Waals surface area contributed by atoms with Crippen molar-refractivity contribution >= 4 is 5.97 Å². The lowest BCUT2D eigenvalue weighted by Crippen LogP contribution is -2.05. The fourth-order valence-electron chi connectivity index (χ4n) is 1.42. The molecule has 2 aromatic rings. The molecule has 0 amide bonds. The molecular formula is C12H13N3O4. The number of esters is 1. The molecule has 0 fully saturated rings. The Kier molecular flexibility index (Phi) is 4.07. The van der Waals surface area contributed by atoms with Crippen LogP contribution in [0.5, 0.6) is 5.88 Å². The van der Waals surface area contributed by atoms with E-state index in [1.54, 1.807) is 26.3 Å². The van der Waals surface area contributed by atoms with Gasteiger partial charge in [-0.15, -0.1) is 0 Å². The molecule has 0 saturated carbocycles. The minimum absolute atomic E-state index is 0.140.